The molecule has 0 unspecified atom stereocenters. The number of anilines is 2. The van der Waals surface area contributed by atoms with Gasteiger partial charge in [-0.05, 0) is 40.8 Å². The molecule has 13 heteroatoms. The number of benzene rings is 2. The Labute approximate surface area is 197 Å². The molecule has 3 rings (SSSR count). The van der Waals surface area contributed by atoms with Crippen LogP contribution < -0.4 is 10.1 Å². The fraction of sp³-hybridized carbons (Fsp3) is 0.263. The highest BCUT2D eigenvalue weighted by atomic mass is 127. The van der Waals surface area contributed by atoms with Gasteiger partial charge in [-0.3, -0.25) is 14.3 Å². The third-order valence-electron chi connectivity index (χ3n) is 4.01. The standard InChI is InChI=1S/C19H19IN4O7S/c1-32(27,28)31-8-6-29-5-7-30-18-11-16-15(10-17(18)24(25)26)19(22-12-21-16)23-14-4-2-3-13(20)9-14/h2-4,9-12H,5-8H2,1H3,(H,21,22,23). The van der Waals surface area contributed by atoms with Gasteiger partial charge in [0.25, 0.3) is 10.1 Å². The van der Waals surface area contributed by atoms with Gasteiger partial charge in [0, 0.05) is 21.4 Å². The number of nitrogens with zero attached hydrogens (tertiary/aromatic N) is 3. The largest absolute Gasteiger partial charge is 0.484 e. The molecule has 0 bridgehead atoms. The van der Waals surface area contributed by atoms with Crippen LogP contribution in [0.1, 0.15) is 0 Å². The van der Waals surface area contributed by atoms with Crippen molar-refractivity contribution in [2.45, 2.75) is 0 Å². The molecule has 0 aliphatic rings. The Morgan fingerprint density at radius 2 is 1.91 bits per heavy atom. The number of halogens is 1. The molecule has 11 nitrogen and oxygen atoms in total. The van der Waals surface area contributed by atoms with E-state index in [0.717, 1.165) is 15.5 Å². The molecule has 0 fully saturated rings. The topological polar surface area (TPSA) is 143 Å². The maximum atomic E-state index is 11.6. The van der Waals surface area contributed by atoms with E-state index in [0.29, 0.717) is 16.7 Å². The van der Waals surface area contributed by atoms with Crippen LogP contribution >= 0.6 is 22.6 Å². The van der Waals surface area contributed by atoms with E-state index in [9.17, 15) is 18.5 Å². The highest BCUT2D eigenvalue weighted by Gasteiger charge is 2.19. The molecule has 0 saturated carbocycles. The lowest BCUT2D eigenvalue weighted by atomic mass is 10.2. The Hall–Kier alpha value is -2.62. The first kappa shape index (κ1) is 24.0. The van der Waals surface area contributed by atoms with Crippen molar-refractivity contribution in [3.63, 3.8) is 0 Å². The van der Waals surface area contributed by atoms with Crippen LogP contribution in [-0.2, 0) is 19.0 Å². The quantitative estimate of drug-likeness (QED) is 0.119. The third-order valence-corrected chi connectivity index (χ3v) is 5.28. The van der Waals surface area contributed by atoms with Crippen LogP contribution in [-0.4, -0.2) is 56.0 Å². The summed E-state index contributed by atoms with van der Waals surface area (Å²) in [5.41, 5.74) is 1.02. The Morgan fingerprint density at radius 3 is 2.62 bits per heavy atom. The number of nitrogens with one attached hydrogen (secondary N) is 1. The molecular weight excluding hydrogens is 555 g/mol. The molecule has 0 amide bonds. The summed E-state index contributed by atoms with van der Waals surface area (Å²) in [7, 11) is -3.53. The van der Waals surface area contributed by atoms with Crippen molar-refractivity contribution in [3.05, 3.63) is 56.4 Å². The van der Waals surface area contributed by atoms with Crippen molar-refractivity contribution >= 4 is 60.8 Å². The van der Waals surface area contributed by atoms with Gasteiger partial charge in [-0.1, -0.05) is 6.07 Å². The lowest BCUT2D eigenvalue weighted by Gasteiger charge is -2.11. The van der Waals surface area contributed by atoms with Crippen molar-refractivity contribution in [3.8, 4) is 5.75 Å². The average Bonchev–Trinajstić information content (AvgIpc) is 2.72. The fourth-order valence-electron chi connectivity index (χ4n) is 2.69. The summed E-state index contributed by atoms with van der Waals surface area (Å²) in [5.74, 6) is 0.471. The van der Waals surface area contributed by atoms with Crippen LogP contribution in [0.2, 0.25) is 0 Å². The number of hydrogen-bond donors (Lipinski definition) is 1. The van der Waals surface area contributed by atoms with Crippen molar-refractivity contribution in [1.82, 2.24) is 9.97 Å². The summed E-state index contributed by atoms with van der Waals surface area (Å²) >= 11 is 2.19. The molecule has 1 aromatic heterocycles. The van der Waals surface area contributed by atoms with E-state index in [-0.39, 0.29) is 37.9 Å². The number of rotatable bonds is 11. The zero-order valence-electron chi connectivity index (χ0n) is 16.9. The van der Waals surface area contributed by atoms with E-state index in [1.165, 1.54) is 18.5 Å². The Kier molecular flexibility index (Phi) is 8.11. The maximum absolute atomic E-state index is 11.6. The smallest absolute Gasteiger partial charge is 0.311 e. The molecule has 0 atom stereocenters. The molecule has 1 N–H and O–H groups in total. The Balaban J connectivity index is 1.72. The predicted molar refractivity (Wildman–Crippen MR) is 126 cm³/mol. The second-order valence-corrected chi connectivity index (χ2v) is 9.33. The van der Waals surface area contributed by atoms with Crippen molar-refractivity contribution in [1.29, 1.82) is 0 Å². The second-order valence-electron chi connectivity index (χ2n) is 6.44. The molecule has 170 valence electrons. The molecule has 2 aromatic carbocycles. The first-order valence-corrected chi connectivity index (χ1v) is 12.1. The van der Waals surface area contributed by atoms with Crippen LogP contribution in [0.15, 0.2) is 42.7 Å². The van der Waals surface area contributed by atoms with Gasteiger partial charge < -0.3 is 14.8 Å². The first-order valence-electron chi connectivity index (χ1n) is 9.23. The van der Waals surface area contributed by atoms with Gasteiger partial charge in [0.2, 0.25) is 0 Å². The summed E-state index contributed by atoms with van der Waals surface area (Å²) in [6.45, 7) is 0.0223. The lowest BCUT2D eigenvalue weighted by molar-refractivity contribution is -0.385. The van der Waals surface area contributed by atoms with Crippen LogP contribution in [0.25, 0.3) is 10.9 Å². The first-order chi connectivity index (χ1) is 15.2. The van der Waals surface area contributed by atoms with Crippen molar-refractivity contribution in [2.24, 2.45) is 0 Å². The van der Waals surface area contributed by atoms with E-state index in [4.69, 9.17) is 9.47 Å². The number of nitro benzene ring substituents is 1. The minimum absolute atomic E-state index is 0.0177. The summed E-state index contributed by atoms with van der Waals surface area (Å²) in [5, 5.41) is 15.2. The van der Waals surface area contributed by atoms with Gasteiger partial charge in [0.1, 0.15) is 18.8 Å². The van der Waals surface area contributed by atoms with E-state index < -0.39 is 15.0 Å². The summed E-state index contributed by atoms with van der Waals surface area (Å²) in [6.07, 6.45) is 2.30. The highest BCUT2D eigenvalue weighted by Crippen LogP contribution is 2.34. The van der Waals surface area contributed by atoms with Crippen LogP contribution in [0.4, 0.5) is 17.2 Å². The summed E-state index contributed by atoms with van der Waals surface area (Å²) in [6, 6.07) is 10.5. The highest BCUT2D eigenvalue weighted by molar-refractivity contribution is 14.1. The minimum atomic E-state index is -3.53. The van der Waals surface area contributed by atoms with E-state index >= 15 is 0 Å². The average molecular weight is 574 g/mol. The molecule has 3 aromatic rings. The predicted octanol–water partition coefficient (Wildman–Crippen LogP) is 3.26. The molecule has 0 spiro atoms. The van der Waals surface area contributed by atoms with Gasteiger partial charge in [-0.25, -0.2) is 9.97 Å². The Bertz CT molecular complexity index is 1220. The van der Waals surface area contributed by atoms with Crippen LogP contribution in [0.3, 0.4) is 0 Å². The lowest BCUT2D eigenvalue weighted by Crippen LogP contribution is -2.13. The van der Waals surface area contributed by atoms with Crippen molar-refractivity contribution in [2.75, 3.05) is 38.0 Å². The monoisotopic (exact) mass is 574 g/mol. The summed E-state index contributed by atoms with van der Waals surface area (Å²) in [4.78, 5) is 19.5. The van der Waals surface area contributed by atoms with Gasteiger partial charge in [-0.2, -0.15) is 8.42 Å². The van der Waals surface area contributed by atoms with Gasteiger partial charge >= 0.3 is 5.69 Å². The third kappa shape index (κ3) is 6.94. The van der Waals surface area contributed by atoms with Crippen LogP contribution in [0, 0.1) is 13.7 Å². The molecule has 0 aliphatic carbocycles. The minimum Gasteiger partial charge on any atom is -0.484 e. The van der Waals surface area contributed by atoms with E-state index in [1.807, 2.05) is 24.3 Å². The second kappa shape index (κ2) is 10.8. The fourth-order valence-corrected chi connectivity index (χ4v) is 3.60. The van der Waals surface area contributed by atoms with Gasteiger partial charge in [0.15, 0.2) is 5.75 Å². The molecule has 0 aliphatic heterocycles. The molecule has 1 heterocycles. The van der Waals surface area contributed by atoms with Gasteiger partial charge in [0.05, 0.1) is 41.9 Å². The molecule has 0 saturated heterocycles. The zero-order valence-corrected chi connectivity index (χ0v) is 19.8. The van der Waals surface area contributed by atoms with Crippen molar-refractivity contribution < 1.29 is 27.0 Å². The SMILES string of the molecule is CS(=O)(=O)OCCOCCOc1cc2ncnc(Nc3cccc(I)c3)c2cc1[N+](=O)[O-]. The van der Waals surface area contributed by atoms with Crippen LogP contribution in [0.5, 0.6) is 5.75 Å². The molecular formula is C19H19IN4O7S. The number of fused-ring (bicyclic) bond motifs is 1. The van der Waals surface area contributed by atoms with E-state index in [1.54, 1.807) is 0 Å². The normalized spacial score (nSPS) is 11.4. The molecule has 0 radical (unpaired) electrons. The maximum Gasteiger partial charge on any atom is 0.311 e. The van der Waals surface area contributed by atoms with Gasteiger partial charge in [-0.15, -0.1) is 0 Å². The van der Waals surface area contributed by atoms with E-state index in [2.05, 4.69) is 42.1 Å². The molecule has 32 heavy (non-hydrogen) atoms. The number of ether oxygens (including phenoxy) is 2. The zero-order chi connectivity index (χ0) is 23.1. The number of hydrogen-bond acceptors (Lipinski definition) is 10. The number of aromatic nitrogens is 2. The number of nitro groups is 1. The summed E-state index contributed by atoms with van der Waals surface area (Å²) < 4.78 is 38.1. The Morgan fingerprint density at radius 1 is 1.12 bits per heavy atom.